The molecule has 5 nitrogen and oxygen atoms in total. The van der Waals surface area contributed by atoms with Gasteiger partial charge >= 0.3 is 0 Å². The number of hydrogen-bond donors (Lipinski definition) is 0. The van der Waals surface area contributed by atoms with Crippen LogP contribution in [0.1, 0.15) is 39.0 Å². The maximum atomic E-state index is 12.6. The molecule has 0 bridgehead atoms. The molecule has 1 unspecified atom stereocenters. The molecule has 3 aromatic rings. The van der Waals surface area contributed by atoms with E-state index in [-0.39, 0.29) is 5.56 Å². The minimum atomic E-state index is -0.0668. The van der Waals surface area contributed by atoms with Crippen molar-refractivity contribution in [2.24, 2.45) is 5.92 Å². The Labute approximate surface area is 162 Å². The van der Waals surface area contributed by atoms with Gasteiger partial charge in [0.2, 0.25) is 4.96 Å². The van der Waals surface area contributed by atoms with Crippen LogP contribution in [0.4, 0.5) is 0 Å². The molecular formula is C21H23N3O2S. The number of rotatable bonds is 6. The van der Waals surface area contributed by atoms with E-state index in [0.29, 0.717) is 16.7 Å². The molecule has 27 heavy (non-hydrogen) atoms. The molecule has 6 heteroatoms. The van der Waals surface area contributed by atoms with Crippen molar-refractivity contribution in [1.29, 1.82) is 0 Å². The molecule has 0 amide bonds. The summed E-state index contributed by atoms with van der Waals surface area (Å²) in [7, 11) is 0. The Balaban J connectivity index is 1.56. The molecule has 0 fully saturated rings. The van der Waals surface area contributed by atoms with Crippen LogP contribution in [0, 0.1) is 5.92 Å². The minimum Gasteiger partial charge on any atom is -0.494 e. The van der Waals surface area contributed by atoms with Crippen LogP contribution >= 0.6 is 11.3 Å². The van der Waals surface area contributed by atoms with Gasteiger partial charge in [0.15, 0.2) is 5.82 Å². The Bertz CT molecular complexity index is 1050. The molecule has 0 saturated heterocycles. The topological polar surface area (TPSA) is 56.5 Å². The summed E-state index contributed by atoms with van der Waals surface area (Å²) < 4.78 is 7.86. The molecule has 0 N–H and O–H groups in total. The zero-order chi connectivity index (χ0) is 18.6. The van der Waals surface area contributed by atoms with Crippen molar-refractivity contribution in [2.45, 2.75) is 39.0 Å². The van der Waals surface area contributed by atoms with Crippen LogP contribution in [-0.2, 0) is 0 Å². The second kappa shape index (κ2) is 8.05. The first-order valence-electron chi connectivity index (χ1n) is 9.54. The number of aromatic nitrogens is 3. The van der Waals surface area contributed by atoms with E-state index in [2.05, 4.69) is 35.2 Å². The first-order valence-corrected chi connectivity index (χ1v) is 10.4. The molecule has 0 spiro atoms. The number of nitrogens with zero attached hydrogens (tertiary/aromatic N) is 3. The predicted octanol–water partition coefficient (Wildman–Crippen LogP) is 3.85. The van der Waals surface area contributed by atoms with Crippen molar-refractivity contribution >= 4 is 22.4 Å². The van der Waals surface area contributed by atoms with E-state index in [9.17, 15) is 4.79 Å². The van der Waals surface area contributed by atoms with E-state index >= 15 is 0 Å². The molecule has 0 aliphatic heterocycles. The highest BCUT2D eigenvalue weighted by molar-refractivity contribution is 7.15. The Hall–Kier alpha value is -2.47. The summed E-state index contributed by atoms with van der Waals surface area (Å²) in [5.41, 5.74) is 0.818. The van der Waals surface area contributed by atoms with Crippen molar-refractivity contribution in [1.82, 2.24) is 14.6 Å². The van der Waals surface area contributed by atoms with Crippen molar-refractivity contribution in [2.75, 3.05) is 6.61 Å². The fraction of sp³-hybridized carbons (Fsp3) is 0.381. The van der Waals surface area contributed by atoms with Gasteiger partial charge in [0, 0.05) is 5.56 Å². The Morgan fingerprint density at radius 1 is 1.30 bits per heavy atom. The highest BCUT2D eigenvalue weighted by atomic mass is 32.1. The zero-order valence-corrected chi connectivity index (χ0v) is 16.2. The fourth-order valence-electron chi connectivity index (χ4n) is 3.19. The van der Waals surface area contributed by atoms with Gasteiger partial charge in [-0.25, -0.2) is 0 Å². The minimum absolute atomic E-state index is 0.0668. The average Bonchev–Trinajstić information content (AvgIpc) is 3.23. The van der Waals surface area contributed by atoms with Gasteiger partial charge in [-0.05, 0) is 55.9 Å². The van der Waals surface area contributed by atoms with Crippen LogP contribution < -0.4 is 14.8 Å². The van der Waals surface area contributed by atoms with Gasteiger partial charge in [-0.3, -0.25) is 4.79 Å². The quantitative estimate of drug-likeness (QED) is 0.481. The number of benzene rings is 1. The van der Waals surface area contributed by atoms with E-state index in [4.69, 9.17) is 4.74 Å². The molecule has 4 rings (SSSR count). The number of allylic oxidation sites excluding steroid dienone is 2. The molecule has 1 aliphatic rings. The maximum Gasteiger partial charge on any atom is 0.290 e. The third-order valence-corrected chi connectivity index (χ3v) is 5.74. The molecule has 140 valence electrons. The second-order valence-electron chi connectivity index (χ2n) is 6.84. The van der Waals surface area contributed by atoms with Crippen LogP contribution in [0.2, 0.25) is 0 Å². The van der Waals surface area contributed by atoms with Crippen LogP contribution in [-0.4, -0.2) is 21.2 Å². The van der Waals surface area contributed by atoms with Gasteiger partial charge in [-0.15, -0.1) is 5.10 Å². The molecule has 0 saturated carbocycles. The lowest BCUT2D eigenvalue weighted by atomic mass is 9.94. The fourth-order valence-corrected chi connectivity index (χ4v) is 4.16. The molecule has 0 radical (unpaired) electrons. The number of unbranched alkanes of at least 4 members (excludes halogenated alkanes) is 1. The van der Waals surface area contributed by atoms with Crippen LogP contribution in [0.5, 0.6) is 5.75 Å². The molecule has 1 aromatic carbocycles. The maximum absolute atomic E-state index is 12.6. The summed E-state index contributed by atoms with van der Waals surface area (Å²) in [6.07, 6.45) is 11.8. The average molecular weight is 382 g/mol. The van der Waals surface area contributed by atoms with E-state index in [0.717, 1.165) is 54.6 Å². The lowest BCUT2D eigenvalue weighted by Gasteiger charge is -2.11. The predicted molar refractivity (Wildman–Crippen MR) is 109 cm³/mol. The largest absolute Gasteiger partial charge is 0.494 e. The zero-order valence-electron chi connectivity index (χ0n) is 15.4. The monoisotopic (exact) mass is 381 g/mol. The first kappa shape index (κ1) is 17.9. The molecular weight excluding hydrogens is 358 g/mol. The van der Waals surface area contributed by atoms with Gasteiger partial charge in [0.1, 0.15) is 5.75 Å². The molecule has 1 atom stereocenters. The van der Waals surface area contributed by atoms with Gasteiger partial charge < -0.3 is 4.74 Å². The van der Waals surface area contributed by atoms with Crippen LogP contribution in [0.3, 0.4) is 0 Å². The van der Waals surface area contributed by atoms with Gasteiger partial charge in [-0.2, -0.15) is 9.50 Å². The molecule has 2 aromatic heterocycles. The van der Waals surface area contributed by atoms with Crippen molar-refractivity contribution in [3.05, 3.63) is 51.3 Å². The molecule has 1 aliphatic carbocycles. The van der Waals surface area contributed by atoms with Crippen LogP contribution in [0.15, 0.2) is 41.2 Å². The lowest BCUT2D eigenvalue weighted by molar-refractivity contribution is 0.309. The summed E-state index contributed by atoms with van der Waals surface area (Å²) in [4.78, 5) is 17.9. The highest BCUT2D eigenvalue weighted by Gasteiger charge is 2.14. The summed E-state index contributed by atoms with van der Waals surface area (Å²) in [5.74, 6) is 1.85. The van der Waals surface area contributed by atoms with Crippen molar-refractivity contribution < 1.29 is 4.74 Å². The summed E-state index contributed by atoms with van der Waals surface area (Å²) in [5, 5.41) is 4.43. The van der Waals surface area contributed by atoms with Gasteiger partial charge in [-0.1, -0.05) is 42.9 Å². The van der Waals surface area contributed by atoms with Crippen molar-refractivity contribution in [3.63, 3.8) is 0 Å². The lowest BCUT2D eigenvalue weighted by Crippen LogP contribution is -2.25. The number of hydrogen-bond acceptors (Lipinski definition) is 5. The van der Waals surface area contributed by atoms with Crippen molar-refractivity contribution in [3.8, 4) is 17.1 Å². The highest BCUT2D eigenvalue weighted by Crippen LogP contribution is 2.21. The van der Waals surface area contributed by atoms with E-state index < -0.39 is 0 Å². The van der Waals surface area contributed by atoms with Gasteiger partial charge in [0.05, 0.1) is 11.1 Å². The third-order valence-electron chi connectivity index (χ3n) is 4.76. The molecule has 2 heterocycles. The first-order chi connectivity index (χ1) is 13.2. The Kier molecular flexibility index (Phi) is 5.34. The standard InChI is InChI=1S/C21H23N3O2S/c1-2-3-13-26-17-11-9-16(10-12-17)19-22-21-24(23-19)20(25)18(27-21)14-15-7-5-4-6-8-15/h4-5,9-12,14-15H,2-3,6-8,13H2,1H3/b18-14-. The number of thiazole rings is 1. The third kappa shape index (κ3) is 3.95. The Morgan fingerprint density at radius 3 is 2.85 bits per heavy atom. The van der Waals surface area contributed by atoms with E-state index in [1.807, 2.05) is 24.3 Å². The SMILES string of the molecule is CCCCOc1ccc(-c2nc3s/c(=C\C4CC=CCC4)c(=O)n3n2)cc1. The summed E-state index contributed by atoms with van der Waals surface area (Å²) >= 11 is 1.42. The smallest absolute Gasteiger partial charge is 0.290 e. The summed E-state index contributed by atoms with van der Waals surface area (Å²) in [6.45, 7) is 2.87. The van der Waals surface area contributed by atoms with Crippen LogP contribution in [0.25, 0.3) is 22.4 Å². The Morgan fingerprint density at radius 2 is 2.15 bits per heavy atom. The normalized spacial score (nSPS) is 17.7. The van der Waals surface area contributed by atoms with E-state index in [1.165, 1.54) is 15.9 Å². The van der Waals surface area contributed by atoms with E-state index in [1.54, 1.807) is 0 Å². The second-order valence-corrected chi connectivity index (χ2v) is 7.85. The number of ether oxygens (including phenoxy) is 1. The summed E-state index contributed by atoms with van der Waals surface area (Å²) in [6, 6.07) is 7.72. The number of fused-ring (bicyclic) bond motifs is 1. The van der Waals surface area contributed by atoms with Gasteiger partial charge in [0.25, 0.3) is 5.56 Å².